The number of hydrogen-bond donors (Lipinski definition) is 2. The number of sulfonamides is 1. The summed E-state index contributed by atoms with van der Waals surface area (Å²) in [7, 11) is -3.74. The highest BCUT2D eigenvalue weighted by atomic mass is 35.5. The van der Waals surface area contributed by atoms with Crippen molar-refractivity contribution in [2.24, 2.45) is 0 Å². The van der Waals surface area contributed by atoms with Crippen LogP contribution in [0.25, 0.3) is 0 Å². The molecular formula is C20H19Cl2N3O4S. The van der Waals surface area contributed by atoms with Crippen LogP contribution in [-0.2, 0) is 22.3 Å². The molecule has 1 aromatic heterocycles. The SMILES string of the molecule is Cl.O=C(c1cc(NS(=O)(=O)Cc2cccc(Cl)c2)ccn1)N(O)Cc1ccccc1. The number of pyridine rings is 1. The number of rotatable bonds is 7. The summed E-state index contributed by atoms with van der Waals surface area (Å²) in [5, 5.41) is 11.0. The highest BCUT2D eigenvalue weighted by Gasteiger charge is 2.18. The molecule has 3 aromatic rings. The summed E-state index contributed by atoms with van der Waals surface area (Å²) < 4.78 is 27.2. The van der Waals surface area contributed by atoms with E-state index in [0.717, 1.165) is 5.56 Å². The average Bonchev–Trinajstić information content (AvgIpc) is 2.67. The molecule has 30 heavy (non-hydrogen) atoms. The van der Waals surface area contributed by atoms with Crippen LogP contribution in [0.2, 0.25) is 5.02 Å². The largest absolute Gasteiger partial charge is 0.296 e. The first kappa shape index (κ1) is 23.6. The molecule has 0 aliphatic heterocycles. The van der Waals surface area contributed by atoms with E-state index in [9.17, 15) is 18.4 Å². The van der Waals surface area contributed by atoms with Crippen molar-refractivity contribution in [3.8, 4) is 0 Å². The van der Waals surface area contributed by atoms with Gasteiger partial charge in [0.1, 0.15) is 5.69 Å². The smallest absolute Gasteiger partial charge is 0.285 e. The summed E-state index contributed by atoms with van der Waals surface area (Å²) >= 11 is 5.89. The molecule has 2 aromatic carbocycles. The Morgan fingerprint density at radius 1 is 1.03 bits per heavy atom. The van der Waals surface area contributed by atoms with Crippen molar-refractivity contribution in [2.75, 3.05) is 4.72 Å². The fraction of sp³-hybridized carbons (Fsp3) is 0.100. The van der Waals surface area contributed by atoms with Gasteiger partial charge in [0.05, 0.1) is 18.0 Å². The minimum Gasteiger partial charge on any atom is -0.285 e. The lowest BCUT2D eigenvalue weighted by Crippen LogP contribution is -2.27. The summed E-state index contributed by atoms with van der Waals surface area (Å²) in [6.45, 7) is -0.0218. The summed E-state index contributed by atoms with van der Waals surface area (Å²) in [5.74, 6) is -1.02. The number of hydrogen-bond acceptors (Lipinski definition) is 5. The van der Waals surface area contributed by atoms with Gasteiger partial charge in [-0.3, -0.25) is 19.7 Å². The number of benzene rings is 2. The molecule has 0 aliphatic rings. The van der Waals surface area contributed by atoms with Gasteiger partial charge in [-0.2, -0.15) is 0 Å². The molecule has 0 spiro atoms. The molecule has 7 nitrogen and oxygen atoms in total. The Kier molecular flexibility index (Phi) is 8.19. The first-order chi connectivity index (χ1) is 13.8. The third-order valence-electron chi connectivity index (χ3n) is 3.91. The number of amides is 1. The minimum absolute atomic E-state index is 0. The molecular weight excluding hydrogens is 449 g/mol. The van der Waals surface area contributed by atoms with Gasteiger partial charge in [-0.1, -0.05) is 54.1 Å². The Labute approximate surface area is 185 Å². The van der Waals surface area contributed by atoms with Crippen LogP contribution >= 0.6 is 24.0 Å². The number of carbonyl (C=O) groups is 1. The van der Waals surface area contributed by atoms with Crippen LogP contribution in [0.4, 0.5) is 5.69 Å². The van der Waals surface area contributed by atoms with E-state index in [1.54, 1.807) is 48.5 Å². The standard InChI is InChI=1S/C20H18ClN3O4S.ClH/c21-17-8-4-7-16(11-17)14-29(27,28)23-18-9-10-22-19(12-18)20(25)24(26)13-15-5-2-1-3-6-15;/h1-12,26H,13-14H2,(H,22,23);1H. The highest BCUT2D eigenvalue weighted by molar-refractivity contribution is 7.91. The molecule has 0 radical (unpaired) electrons. The maximum atomic E-state index is 12.4. The molecule has 0 aliphatic carbocycles. The van der Waals surface area contributed by atoms with Gasteiger partial charge in [0.25, 0.3) is 5.91 Å². The number of aromatic nitrogens is 1. The quantitative estimate of drug-likeness (QED) is 0.401. The fourth-order valence-electron chi connectivity index (χ4n) is 2.63. The van der Waals surface area contributed by atoms with Crippen molar-refractivity contribution < 1.29 is 18.4 Å². The van der Waals surface area contributed by atoms with E-state index < -0.39 is 15.9 Å². The molecule has 1 heterocycles. The maximum absolute atomic E-state index is 12.4. The Balaban J connectivity index is 0.00000320. The van der Waals surface area contributed by atoms with E-state index in [2.05, 4.69) is 9.71 Å². The number of carbonyl (C=O) groups excluding carboxylic acids is 1. The summed E-state index contributed by atoms with van der Waals surface area (Å²) in [6, 6.07) is 18.2. The van der Waals surface area contributed by atoms with E-state index in [1.807, 2.05) is 6.07 Å². The molecule has 158 valence electrons. The lowest BCUT2D eigenvalue weighted by Gasteiger charge is -2.15. The van der Waals surface area contributed by atoms with E-state index in [4.69, 9.17) is 11.6 Å². The number of anilines is 1. The third-order valence-corrected chi connectivity index (χ3v) is 5.40. The van der Waals surface area contributed by atoms with Gasteiger partial charge in [-0.05, 0) is 35.4 Å². The maximum Gasteiger partial charge on any atom is 0.296 e. The van der Waals surface area contributed by atoms with Gasteiger partial charge < -0.3 is 0 Å². The minimum atomic E-state index is -3.74. The van der Waals surface area contributed by atoms with Gasteiger partial charge in [-0.15, -0.1) is 12.4 Å². The number of hydroxylamine groups is 2. The second-order valence-corrected chi connectivity index (χ2v) is 8.43. The van der Waals surface area contributed by atoms with E-state index >= 15 is 0 Å². The van der Waals surface area contributed by atoms with Crippen LogP contribution in [0.3, 0.4) is 0 Å². The van der Waals surface area contributed by atoms with E-state index in [1.165, 1.54) is 18.3 Å². The number of nitrogens with zero attached hydrogens (tertiary/aromatic N) is 2. The van der Waals surface area contributed by atoms with Crippen molar-refractivity contribution in [1.82, 2.24) is 10.0 Å². The number of nitrogens with one attached hydrogen (secondary N) is 1. The first-order valence-corrected chi connectivity index (χ1v) is 10.6. The second-order valence-electron chi connectivity index (χ2n) is 6.27. The molecule has 0 unspecified atom stereocenters. The molecule has 1 amide bonds. The zero-order valence-corrected chi connectivity index (χ0v) is 18.0. The van der Waals surface area contributed by atoms with Crippen LogP contribution in [0.5, 0.6) is 0 Å². The topological polar surface area (TPSA) is 99.6 Å². The van der Waals surface area contributed by atoms with Gasteiger partial charge in [0.15, 0.2) is 0 Å². The highest BCUT2D eigenvalue weighted by Crippen LogP contribution is 2.17. The van der Waals surface area contributed by atoms with Gasteiger partial charge >= 0.3 is 0 Å². The zero-order valence-electron chi connectivity index (χ0n) is 15.6. The normalized spacial score (nSPS) is 10.7. The van der Waals surface area contributed by atoms with Gasteiger partial charge in [0.2, 0.25) is 10.0 Å². The molecule has 0 bridgehead atoms. The van der Waals surface area contributed by atoms with Crippen LogP contribution in [0.1, 0.15) is 21.6 Å². The monoisotopic (exact) mass is 467 g/mol. The fourth-order valence-corrected chi connectivity index (χ4v) is 4.02. The second kappa shape index (κ2) is 10.4. The van der Waals surface area contributed by atoms with Crippen molar-refractivity contribution in [3.63, 3.8) is 0 Å². The van der Waals surface area contributed by atoms with Crippen molar-refractivity contribution in [1.29, 1.82) is 0 Å². The van der Waals surface area contributed by atoms with E-state index in [-0.39, 0.29) is 36.1 Å². The van der Waals surface area contributed by atoms with Crippen LogP contribution < -0.4 is 4.72 Å². The third kappa shape index (κ3) is 6.70. The Hall–Kier alpha value is -2.65. The summed E-state index contributed by atoms with van der Waals surface area (Å²) in [4.78, 5) is 16.3. The van der Waals surface area contributed by atoms with Gasteiger partial charge in [-0.25, -0.2) is 13.5 Å². The predicted octanol–water partition coefficient (Wildman–Crippen LogP) is 4.13. The van der Waals surface area contributed by atoms with Crippen LogP contribution in [0, 0.1) is 0 Å². The summed E-state index contributed by atoms with van der Waals surface area (Å²) in [5.41, 5.74) is 1.34. The Morgan fingerprint density at radius 3 is 2.43 bits per heavy atom. The van der Waals surface area contributed by atoms with Crippen molar-refractivity contribution >= 4 is 45.6 Å². The van der Waals surface area contributed by atoms with Crippen molar-refractivity contribution in [2.45, 2.75) is 12.3 Å². The van der Waals surface area contributed by atoms with E-state index in [0.29, 0.717) is 15.6 Å². The molecule has 0 saturated carbocycles. The first-order valence-electron chi connectivity index (χ1n) is 8.58. The molecule has 3 rings (SSSR count). The van der Waals surface area contributed by atoms with Crippen LogP contribution in [-0.4, -0.2) is 29.6 Å². The molecule has 0 atom stereocenters. The Bertz CT molecular complexity index is 1110. The molecule has 0 fully saturated rings. The summed E-state index contributed by atoms with van der Waals surface area (Å²) in [6.07, 6.45) is 1.29. The lowest BCUT2D eigenvalue weighted by molar-refractivity contribution is -0.0652. The van der Waals surface area contributed by atoms with Gasteiger partial charge in [0, 0.05) is 11.2 Å². The lowest BCUT2D eigenvalue weighted by atomic mass is 10.2. The van der Waals surface area contributed by atoms with Crippen molar-refractivity contribution in [3.05, 3.63) is 94.8 Å². The average molecular weight is 468 g/mol. The molecule has 0 saturated heterocycles. The number of halogens is 2. The molecule has 10 heteroatoms. The van der Waals surface area contributed by atoms with Crippen LogP contribution in [0.15, 0.2) is 72.9 Å². The zero-order chi connectivity index (χ0) is 20.9. The molecule has 2 N–H and O–H groups in total. The Morgan fingerprint density at radius 2 is 1.73 bits per heavy atom. The predicted molar refractivity (Wildman–Crippen MR) is 117 cm³/mol.